The summed E-state index contributed by atoms with van der Waals surface area (Å²) >= 11 is 0. The number of amides is 21. The molecule has 21 amide bonds. The van der Waals surface area contributed by atoms with E-state index in [0.717, 1.165) is 89.6 Å². The molecule has 0 spiro atoms. The summed E-state index contributed by atoms with van der Waals surface area (Å²) in [6.07, 6.45) is 1.59. The number of ether oxygens (including phenoxy) is 1. The second kappa shape index (κ2) is 46.6. The van der Waals surface area contributed by atoms with Crippen LogP contribution < -0.4 is 43.0 Å². The van der Waals surface area contributed by atoms with E-state index >= 15 is 0 Å². The number of primary amides is 1. The summed E-state index contributed by atoms with van der Waals surface area (Å²) in [5.74, 6) is -19.5. The zero-order valence-corrected chi connectivity index (χ0v) is 67.0. The van der Waals surface area contributed by atoms with Gasteiger partial charge in [0.1, 0.15) is 18.8 Å². The number of imide groups is 2. The second-order valence-electron chi connectivity index (χ2n) is 27.5. The van der Waals surface area contributed by atoms with Gasteiger partial charge in [-0.15, -0.1) is 0 Å². The summed E-state index contributed by atoms with van der Waals surface area (Å²) in [5.41, 5.74) is 5.67. The maximum absolute atomic E-state index is 13.9. The van der Waals surface area contributed by atoms with E-state index in [0.29, 0.717) is 18.4 Å². The highest BCUT2D eigenvalue weighted by atomic mass is 32.2. The monoisotopic (exact) mass is 1670 g/mol. The zero-order chi connectivity index (χ0) is 87.7. The van der Waals surface area contributed by atoms with Gasteiger partial charge in [-0.25, -0.2) is 13.2 Å². The topological polar surface area (TPSA) is 588 Å². The zero-order valence-electron chi connectivity index (χ0n) is 66.2. The molecule has 1 aromatic carbocycles. The first-order chi connectivity index (χ1) is 54.9. The standard InChI is InChI=1S/C70H100N20O26S/c1-79(34-48(71)91)59(102)36-81(3)61(104)38-83(5)63(106)40-85(7)65(108)42-87(9)66(109)41-86(8)64(107)39-84(6)62(105)37-82(4)60(103)35-80(2)58(101)30-47(77-50(93)18-17-49(92)72-23-28-117(114,115)88(24-26-89-54(97)19-20-55(89)98)25-27-90-56(99)21-22-57(90)100)69(111)74-31-51(94)73-33-53(96)78-46(29-44-13-11-10-12-14-44)68(110)75-32-52(95)76-43-116-67(70(112)113)45-15-16-45/h10-14,19-22,45-47,67H,15-18,23-43H2,1-9H3,(H2,71,91)(H,72,92)(H,73,94)(H,74,111)(H,75,110)(H,76,95)(H,77,93)(H,78,96)(H,112,113)/t46-,47-,67-/m0/s1. The molecule has 2 heterocycles. The van der Waals surface area contributed by atoms with Gasteiger partial charge in [0.05, 0.1) is 90.7 Å². The minimum atomic E-state index is -4.40. The van der Waals surface area contributed by atoms with Gasteiger partial charge in [-0.2, -0.15) is 4.31 Å². The number of carboxylic acid groups (broad SMARTS) is 1. The maximum atomic E-state index is 13.9. The first-order valence-electron chi connectivity index (χ1n) is 36.2. The lowest BCUT2D eigenvalue weighted by Crippen LogP contribution is -2.53. The molecule has 2 aliphatic heterocycles. The Morgan fingerprint density at radius 1 is 0.453 bits per heavy atom. The molecular weight excluding hydrogens is 1570 g/mol. The first-order valence-corrected chi connectivity index (χ1v) is 37.8. The third-order valence-corrected chi connectivity index (χ3v) is 19.8. The highest BCUT2D eigenvalue weighted by Gasteiger charge is 2.38. The third kappa shape index (κ3) is 33.7. The van der Waals surface area contributed by atoms with Crippen LogP contribution in [0.2, 0.25) is 0 Å². The average Bonchev–Trinajstić information content (AvgIpc) is 1.67. The summed E-state index contributed by atoms with van der Waals surface area (Å²) in [7, 11) is 6.73. The third-order valence-electron chi connectivity index (χ3n) is 17.9. The van der Waals surface area contributed by atoms with Crippen LogP contribution in [0.15, 0.2) is 54.6 Å². The van der Waals surface area contributed by atoms with Crippen molar-refractivity contribution in [3.05, 3.63) is 60.2 Å². The summed E-state index contributed by atoms with van der Waals surface area (Å²) in [5, 5.41) is 25.6. The number of hydrogen-bond donors (Lipinski definition) is 9. The Morgan fingerprint density at radius 3 is 1.19 bits per heavy atom. The number of rotatable bonds is 50. The fourth-order valence-electron chi connectivity index (χ4n) is 10.5. The van der Waals surface area contributed by atoms with Crippen LogP contribution in [-0.2, 0) is 127 Å². The molecule has 46 nitrogen and oxygen atoms in total. The number of benzene rings is 1. The van der Waals surface area contributed by atoms with E-state index in [-0.39, 0.29) is 18.9 Å². The number of aliphatic carboxylic acids is 1. The van der Waals surface area contributed by atoms with Crippen LogP contribution in [0.3, 0.4) is 0 Å². The molecular formula is C70H100N20O26S. The van der Waals surface area contributed by atoms with Crippen LogP contribution in [0.25, 0.3) is 0 Å². The molecule has 0 aromatic heterocycles. The molecule has 1 aliphatic carbocycles. The summed E-state index contributed by atoms with van der Waals surface area (Å²) in [4.78, 5) is 293. The number of hydrogen-bond acceptors (Lipinski definition) is 25. The molecule has 47 heteroatoms. The smallest absolute Gasteiger partial charge is 0.333 e. The summed E-state index contributed by atoms with van der Waals surface area (Å²) in [6.45, 7) is -10.3. The van der Waals surface area contributed by atoms with Crippen LogP contribution in [0, 0.1) is 5.92 Å². The SMILES string of the molecule is CN(CC(N)=O)C(=O)CN(C)C(=O)CN(C)C(=O)CN(C)C(=O)CN(C)C(=O)CN(C)C(=O)CN(C)C(=O)CN(C)C(=O)CN(C)C(=O)C[C@H](NC(=O)CCC(=O)NCCS(=O)(=O)N(CCN1C(=O)C=CC1=O)CCN1C(=O)C=CC1=O)C(=O)NCC(=O)NCC(=O)N[C@@H](Cc1ccccc1)C(=O)NCC(=O)NCO[C@H](C(=O)O)C1CC1. The van der Waals surface area contributed by atoms with E-state index in [1.54, 1.807) is 30.3 Å². The van der Waals surface area contributed by atoms with Gasteiger partial charge in [0.25, 0.3) is 23.6 Å². The van der Waals surface area contributed by atoms with Crippen molar-refractivity contribution in [2.45, 2.75) is 56.7 Å². The number of nitrogens with one attached hydrogen (secondary N) is 7. The van der Waals surface area contributed by atoms with Gasteiger partial charge in [-0.05, 0) is 24.3 Å². The van der Waals surface area contributed by atoms with E-state index in [1.165, 1.54) is 56.4 Å². The van der Waals surface area contributed by atoms with E-state index < -0.39 is 295 Å². The van der Waals surface area contributed by atoms with Gasteiger partial charge >= 0.3 is 5.97 Å². The Balaban J connectivity index is 1.35. The van der Waals surface area contributed by atoms with Crippen molar-refractivity contribution < 1.29 is 124 Å². The van der Waals surface area contributed by atoms with Crippen molar-refractivity contribution in [1.29, 1.82) is 0 Å². The molecule has 1 aromatic rings. The molecule has 0 saturated heterocycles. The number of carbonyl (C=O) groups excluding carboxylic acids is 21. The van der Waals surface area contributed by atoms with Crippen molar-refractivity contribution in [3.63, 3.8) is 0 Å². The van der Waals surface area contributed by atoms with Gasteiger partial charge in [-0.3, -0.25) is 110 Å². The Morgan fingerprint density at radius 2 is 0.803 bits per heavy atom. The van der Waals surface area contributed by atoms with Gasteiger partial charge in [-0.1, -0.05) is 30.3 Å². The quantitative estimate of drug-likeness (QED) is 0.0216. The fraction of sp³-hybridized carbons (Fsp3) is 0.543. The minimum Gasteiger partial charge on any atom is -0.479 e. The number of carboxylic acids is 1. The molecule has 0 bridgehead atoms. The van der Waals surface area contributed by atoms with Crippen molar-refractivity contribution in [2.75, 3.05) is 187 Å². The molecule has 0 radical (unpaired) electrons. The highest BCUT2D eigenvalue weighted by Crippen LogP contribution is 2.34. The van der Waals surface area contributed by atoms with E-state index in [2.05, 4.69) is 37.2 Å². The number of nitrogens with two attached hydrogens (primary N) is 1. The van der Waals surface area contributed by atoms with Crippen molar-refractivity contribution in [3.8, 4) is 0 Å². The number of carbonyl (C=O) groups is 22. The molecule has 10 N–H and O–H groups in total. The van der Waals surface area contributed by atoms with Crippen LogP contribution in [0.4, 0.5) is 0 Å². The van der Waals surface area contributed by atoms with E-state index in [4.69, 9.17) is 10.5 Å². The van der Waals surface area contributed by atoms with Crippen LogP contribution in [-0.4, -0.2) is 407 Å². The molecule has 4 rings (SSSR count). The second-order valence-corrected chi connectivity index (χ2v) is 29.5. The Kier molecular flexibility index (Phi) is 38.5. The minimum absolute atomic E-state index is 0.112. The maximum Gasteiger partial charge on any atom is 0.333 e. The number of nitrogens with zero attached hydrogens (tertiary/aromatic N) is 12. The Bertz CT molecular complexity index is 4040. The summed E-state index contributed by atoms with van der Waals surface area (Å²) < 4.78 is 33.4. The molecule has 1 fully saturated rings. The van der Waals surface area contributed by atoms with Gasteiger partial charge in [0, 0.05) is 140 Å². The first kappa shape index (κ1) is 96.7. The Labute approximate surface area is 672 Å². The fourth-order valence-corrected chi connectivity index (χ4v) is 11.8. The molecule has 0 unspecified atom stereocenters. The molecule has 3 atom stereocenters. The molecule has 1 saturated carbocycles. The normalized spacial score (nSPS) is 13.6. The van der Waals surface area contributed by atoms with Crippen LogP contribution in [0.1, 0.15) is 37.7 Å². The van der Waals surface area contributed by atoms with Crippen molar-refractivity contribution in [2.24, 2.45) is 11.7 Å². The molecule has 642 valence electrons. The lowest BCUT2D eigenvalue weighted by molar-refractivity contribution is -0.153. The van der Waals surface area contributed by atoms with Gasteiger partial charge in [0.15, 0.2) is 6.10 Å². The van der Waals surface area contributed by atoms with Crippen molar-refractivity contribution in [1.82, 2.24) is 95.4 Å². The Hall–Kier alpha value is -12.7. The predicted molar refractivity (Wildman–Crippen MR) is 403 cm³/mol. The summed E-state index contributed by atoms with van der Waals surface area (Å²) in [6, 6.07) is 5.06. The van der Waals surface area contributed by atoms with E-state index in [1.807, 2.05) is 0 Å². The molecule has 117 heavy (non-hydrogen) atoms. The lowest BCUT2D eigenvalue weighted by atomic mass is 10.1. The van der Waals surface area contributed by atoms with Crippen molar-refractivity contribution >= 4 is 140 Å². The average molecular weight is 1670 g/mol. The molecule has 3 aliphatic rings. The number of likely N-dealkylation sites (N-methyl/N-ethyl adjacent to an activating group) is 9. The predicted octanol–water partition coefficient (Wildman–Crippen LogP) is -11.1. The highest BCUT2D eigenvalue weighted by molar-refractivity contribution is 7.89. The largest absolute Gasteiger partial charge is 0.479 e. The lowest BCUT2D eigenvalue weighted by Gasteiger charge is -2.27. The van der Waals surface area contributed by atoms with E-state index in [9.17, 15) is 119 Å². The van der Waals surface area contributed by atoms with Crippen LogP contribution in [0.5, 0.6) is 0 Å². The van der Waals surface area contributed by atoms with Gasteiger partial charge in [0.2, 0.25) is 110 Å². The van der Waals surface area contributed by atoms with Gasteiger partial charge < -0.3 is 96.9 Å². The number of sulfonamides is 1. The van der Waals surface area contributed by atoms with Crippen LogP contribution >= 0.6 is 0 Å².